The van der Waals surface area contributed by atoms with Crippen LogP contribution in [-0.4, -0.2) is 20.2 Å². The number of rotatable bonds is 6. The van der Waals surface area contributed by atoms with Crippen LogP contribution in [0.3, 0.4) is 0 Å². The zero-order valence-electron chi connectivity index (χ0n) is 10.4. The van der Waals surface area contributed by atoms with Gasteiger partial charge in [0.25, 0.3) is 0 Å². The molecule has 4 heteroatoms. The number of benzene rings is 1. The van der Waals surface area contributed by atoms with Crippen LogP contribution in [0.5, 0.6) is 5.75 Å². The molecule has 0 aliphatic heterocycles. The normalized spacial score (nSPS) is 12.8. The molecule has 3 nitrogen and oxygen atoms in total. The minimum absolute atomic E-state index is 0.385. The van der Waals surface area contributed by atoms with E-state index in [1.807, 2.05) is 6.07 Å². The van der Waals surface area contributed by atoms with Crippen LogP contribution in [0.25, 0.3) is 0 Å². The molecule has 96 valence electrons. The highest BCUT2D eigenvalue weighted by Gasteiger charge is 2.15. The van der Waals surface area contributed by atoms with Crippen LogP contribution in [0.1, 0.15) is 12.5 Å². The molecule has 0 spiro atoms. The van der Waals surface area contributed by atoms with Crippen molar-refractivity contribution in [3.8, 4) is 5.75 Å². The minimum Gasteiger partial charge on any atom is -0.496 e. The van der Waals surface area contributed by atoms with Gasteiger partial charge in [0.2, 0.25) is 0 Å². The SMILES string of the molecule is COc1ccc(CC(C)C(CN)CN)cc1Br. The number of nitrogens with two attached hydrogens (primary N) is 2. The van der Waals surface area contributed by atoms with Crippen LogP contribution in [0, 0.1) is 11.8 Å². The Morgan fingerprint density at radius 2 is 1.94 bits per heavy atom. The lowest BCUT2D eigenvalue weighted by Gasteiger charge is -2.21. The molecule has 0 saturated heterocycles. The van der Waals surface area contributed by atoms with Crippen LogP contribution in [0.2, 0.25) is 0 Å². The van der Waals surface area contributed by atoms with Gasteiger partial charge in [-0.2, -0.15) is 0 Å². The third-order valence-corrected chi connectivity index (χ3v) is 3.80. The molecule has 0 aliphatic carbocycles. The van der Waals surface area contributed by atoms with Crippen molar-refractivity contribution in [1.29, 1.82) is 0 Å². The van der Waals surface area contributed by atoms with Gasteiger partial charge in [0.15, 0.2) is 0 Å². The van der Waals surface area contributed by atoms with Crippen LogP contribution < -0.4 is 16.2 Å². The lowest BCUT2D eigenvalue weighted by molar-refractivity contribution is 0.372. The van der Waals surface area contributed by atoms with Gasteiger partial charge >= 0.3 is 0 Å². The summed E-state index contributed by atoms with van der Waals surface area (Å²) in [6, 6.07) is 6.16. The standard InChI is InChI=1S/C13H21BrN2O/c1-9(11(7-15)8-16)5-10-3-4-13(17-2)12(14)6-10/h3-4,6,9,11H,5,7-8,15-16H2,1-2H3. The Balaban J connectivity index is 2.71. The maximum absolute atomic E-state index is 5.70. The Kier molecular flexibility index (Phi) is 5.95. The van der Waals surface area contributed by atoms with E-state index in [1.165, 1.54) is 5.56 Å². The molecule has 0 amide bonds. The van der Waals surface area contributed by atoms with E-state index in [9.17, 15) is 0 Å². The van der Waals surface area contributed by atoms with E-state index in [1.54, 1.807) is 7.11 Å². The second kappa shape index (κ2) is 6.99. The number of ether oxygens (including phenoxy) is 1. The van der Waals surface area contributed by atoms with E-state index < -0.39 is 0 Å². The Bertz CT molecular complexity index is 353. The third kappa shape index (κ3) is 3.98. The van der Waals surface area contributed by atoms with Gasteiger partial charge in [-0.25, -0.2) is 0 Å². The van der Waals surface area contributed by atoms with Crippen LogP contribution >= 0.6 is 15.9 Å². The van der Waals surface area contributed by atoms with Crippen molar-refractivity contribution in [2.75, 3.05) is 20.2 Å². The molecule has 0 saturated carbocycles. The van der Waals surface area contributed by atoms with Gasteiger partial charge < -0.3 is 16.2 Å². The molecular formula is C13H21BrN2O. The van der Waals surface area contributed by atoms with E-state index in [-0.39, 0.29) is 0 Å². The predicted molar refractivity (Wildman–Crippen MR) is 75.2 cm³/mol. The zero-order chi connectivity index (χ0) is 12.8. The average Bonchev–Trinajstić information content (AvgIpc) is 2.31. The van der Waals surface area contributed by atoms with E-state index in [4.69, 9.17) is 16.2 Å². The van der Waals surface area contributed by atoms with Crippen molar-refractivity contribution in [2.24, 2.45) is 23.3 Å². The molecule has 0 radical (unpaired) electrons. The molecule has 1 aromatic carbocycles. The lowest BCUT2D eigenvalue weighted by atomic mass is 9.88. The fourth-order valence-electron chi connectivity index (χ4n) is 1.94. The maximum atomic E-state index is 5.70. The van der Waals surface area contributed by atoms with Gasteiger partial charge in [-0.1, -0.05) is 13.0 Å². The maximum Gasteiger partial charge on any atom is 0.133 e. The molecule has 1 aromatic rings. The van der Waals surface area contributed by atoms with Gasteiger partial charge in [0, 0.05) is 0 Å². The number of hydrogen-bond donors (Lipinski definition) is 2. The van der Waals surface area contributed by atoms with Gasteiger partial charge in [0.05, 0.1) is 11.6 Å². The van der Waals surface area contributed by atoms with E-state index >= 15 is 0 Å². The largest absolute Gasteiger partial charge is 0.496 e. The summed E-state index contributed by atoms with van der Waals surface area (Å²) in [6.07, 6.45) is 0.988. The molecule has 0 heterocycles. The smallest absolute Gasteiger partial charge is 0.133 e. The molecule has 0 bridgehead atoms. The fraction of sp³-hybridized carbons (Fsp3) is 0.538. The topological polar surface area (TPSA) is 61.3 Å². The van der Waals surface area contributed by atoms with Crippen LogP contribution in [-0.2, 0) is 6.42 Å². The van der Waals surface area contributed by atoms with Crippen LogP contribution in [0.4, 0.5) is 0 Å². The summed E-state index contributed by atoms with van der Waals surface area (Å²) in [4.78, 5) is 0. The second-order valence-corrected chi connectivity index (χ2v) is 5.24. The summed E-state index contributed by atoms with van der Waals surface area (Å²) in [5.41, 5.74) is 12.7. The third-order valence-electron chi connectivity index (χ3n) is 3.18. The molecule has 0 aromatic heterocycles. The zero-order valence-corrected chi connectivity index (χ0v) is 12.0. The monoisotopic (exact) mass is 300 g/mol. The summed E-state index contributed by atoms with van der Waals surface area (Å²) >= 11 is 3.49. The summed E-state index contributed by atoms with van der Waals surface area (Å²) in [7, 11) is 1.67. The Labute approximate surface area is 112 Å². The van der Waals surface area contributed by atoms with Crippen molar-refractivity contribution in [3.05, 3.63) is 28.2 Å². The molecule has 17 heavy (non-hydrogen) atoms. The molecule has 0 fully saturated rings. The average molecular weight is 301 g/mol. The molecule has 1 unspecified atom stereocenters. The predicted octanol–water partition coefficient (Wildman–Crippen LogP) is 2.17. The van der Waals surface area contributed by atoms with Crippen molar-refractivity contribution < 1.29 is 4.74 Å². The lowest BCUT2D eigenvalue weighted by Crippen LogP contribution is -2.30. The Morgan fingerprint density at radius 3 is 2.41 bits per heavy atom. The highest BCUT2D eigenvalue weighted by molar-refractivity contribution is 9.10. The Hall–Kier alpha value is -0.580. The molecule has 0 aliphatic rings. The molecule has 1 rings (SSSR count). The summed E-state index contributed by atoms with van der Waals surface area (Å²) in [5, 5.41) is 0. The number of halogens is 1. The second-order valence-electron chi connectivity index (χ2n) is 4.38. The summed E-state index contributed by atoms with van der Waals surface area (Å²) in [6.45, 7) is 3.49. The Morgan fingerprint density at radius 1 is 1.29 bits per heavy atom. The first kappa shape index (κ1) is 14.5. The summed E-state index contributed by atoms with van der Waals surface area (Å²) < 4.78 is 6.20. The number of hydrogen-bond acceptors (Lipinski definition) is 3. The van der Waals surface area contributed by atoms with Gasteiger partial charge in [-0.05, 0) is 65.0 Å². The first-order valence-corrected chi connectivity index (χ1v) is 6.64. The van der Waals surface area contributed by atoms with E-state index in [0.29, 0.717) is 24.9 Å². The van der Waals surface area contributed by atoms with E-state index in [0.717, 1.165) is 16.6 Å². The molecular weight excluding hydrogens is 280 g/mol. The molecule has 1 atom stereocenters. The van der Waals surface area contributed by atoms with Crippen molar-refractivity contribution in [1.82, 2.24) is 0 Å². The summed E-state index contributed by atoms with van der Waals surface area (Å²) in [5.74, 6) is 1.73. The van der Waals surface area contributed by atoms with Gasteiger partial charge in [0.1, 0.15) is 5.75 Å². The van der Waals surface area contributed by atoms with E-state index in [2.05, 4.69) is 35.0 Å². The van der Waals surface area contributed by atoms with Crippen molar-refractivity contribution >= 4 is 15.9 Å². The number of methoxy groups -OCH3 is 1. The first-order chi connectivity index (χ1) is 8.12. The van der Waals surface area contributed by atoms with Crippen molar-refractivity contribution in [2.45, 2.75) is 13.3 Å². The van der Waals surface area contributed by atoms with Gasteiger partial charge in [-0.3, -0.25) is 0 Å². The highest BCUT2D eigenvalue weighted by atomic mass is 79.9. The van der Waals surface area contributed by atoms with Gasteiger partial charge in [-0.15, -0.1) is 0 Å². The van der Waals surface area contributed by atoms with Crippen LogP contribution in [0.15, 0.2) is 22.7 Å². The first-order valence-electron chi connectivity index (χ1n) is 5.84. The highest BCUT2D eigenvalue weighted by Crippen LogP contribution is 2.27. The fourth-order valence-corrected chi connectivity index (χ4v) is 2.52. The quantitative estimate of drug-likeness (QED) is 0.846. The van der Waals surface area contributed by atoms with Crippen molar-refractivity contribution in [3.63, 3.8) is 0 Å². The molecule has 4 N–H and O–H groups in total. The minimum atomic E-state index is 0.385.